The molecule has 1 aromatic heterocycles. The second-order valence-electron chi connectivity index (χ2n) is 5.70. The van der Waals surface area contributed by atoms with Gasteiger partial charge >= 0.3 is 0 Å². The summed E-state index contributed by atoms with van der Waals surface area (Å²) in [6.45, 7) is 3.42. The van der Waals surface area contributed by atoms with E-state index in [1.54, 1.807) is 0 Å². The maximum Gasteiger partial charge on any atom is 0.178 e. The van der Waals surface area contributed by atoms with Crippen LogP contribution in [-0.2, 0) is 6.54 Å². The largest absolute Gasteiger partial charge is 0.331 e. The van der Waals surface area contributed by atoms with Gasteiger partial charge in [0.05, 0.1) is 11.0 Å². The highest BCUT2D eigenvalue weighted by Gasteiger charge is 2.29. The third kappa shape index (κ3) is 2.16. The number of fused-ring (bicyclic) bond motifs is 1. The zero-order valence-electron chi connectivity index (χ0n) is 10.5. The molecule has 1 saturated carbocycles. The number of hydrogen-bond donors (Lipinski definition) is 1. The number of benzene rings is 1. The van der Waals surface area contributed by atoms with Crippen molar-refractivity contribution in [3.05, 3.63) is 27.4 Å². The molecule has 1 aromatic carbocycles. The first kappa shape index (κ1) is 12.4. The van der Waals surface area contributed by atoms with Crippen molar-refractivity contribution in [1.29, 1.82) is 0 Å². The van der Waals surface area contributed by atoms with Gasteiger partial charge in [0.15, 0.2) is 4.77 Å². The molecule has 1 fully saturated rings. The fraction of sp³-hybridized carbons (Fsp3) is 0.500. The van der Waals surface area contributed by atoms with E-state index < -0.39 is 0 Å². The van der Waals surface area contributed by atoms with Crippen LogP contribution in [0.3, 0.4) is 0 Å². The molecule has 96 valence electrons. The molecule has 1 heterocycles. The Labute approximate surface area is 121 Å². The molecule has 0 aliphatic heterocycles. The van der Waals surface area contributed by atoms with Crippen molar-refractivity contribution in [1.82, 2.24) is 9.55 Å². The van der Waals surface area contributed by atoms with Crippen molar-refractivity contribution < 1.29 is 0 Å². The number of hydrogen-bond acceptors (Lipinski definition) is 1. The average molecular weight is 325 g/mol. The maximum atomic E-state index is 5.47. The lowest BCUT2D eigenvalue weighted by atomic mass is 9.89. The van der Waals surface area contributed by atoms with E-state index >= 15 is 0 Å². The van der Waals surface area contributed by atoms with Crippen molar-refractivity contribution in [3.63, 3.8) is 0 Å². The van der Waals surface area contributed by atoms with Crippen LogP contribution in [0.5, 0.6) is 0 Å². The third-order valence-corrected chi connectivity index (χ3v) is 4.90. The molecule has 1 N–H and O–H groups in total. The zero-order chi connectivity index (χ0) is 12.8. The number of halogens is 1. The summed E-state index contributed by atoms with van der Waals surface area (Å²) in [5.41, 5.74) is 2.75. The molecule has 3 rings (SSSR count). The van der Waals surface area contributed by atoms with Gasteiger partial charge in [-0.25, -0.2) is 0 Å². The third-order valence-electron chi connectivity index (χ3n) is 4.09. The number of aromatic nitrogens is 2. The first-order valence-corrected chi connectivity index (χ1v) is 7.66. The Morgan fingerprint density at radius 2 is 2.11 bits per heavy atom. The Kier molecular flexibility index (Phi) is 3.10. The molecule has 0 unspecified atom stereocenters. The highest BCUT2D eigenvalue weighted by atomic mass is 79.9. The second kappa shape index (κ2) is 4.49. The fourth-order valence-electron chi connectivity index (χ4n) is 3.05. The van der Waals surface area contributed by atoms with E-state index in [1.807, 2.05) is 0 Å². The van der Waals surface area contributed by atoms with Gasteiger partial charge in [0, 0.05) is 11.0 Å². The van der Waals surface area contributed by atoms with Gasteiger partial charge < -0.3 is 9.55 Å². The molecule has 0 spiro atoms. The molecular weight excluding hydrogens is 308 g/mol. The second-order valence-corrected chi connectivity index (χ2v) is 7.00. The van der Waals surface area contributed by atoms with Crippen molar-refractivity contribution in [3.8, 4) is 0 Å². The maximum absolute atomic E-state index is 5.47. The molecule has 0 radical (unpaired) electrons. The van der Waals surface area contributed by atoms with Gasteiger partial charge in [0.25, 0.3) is 0 Å². The van der Waals surface area contributed by atoms with Crippen LogP contribution in [0.15, 0.2) is 22.7 Å². The van der Waals surface area contributed by atoms with Gasteiger partial charge in [0.2, 0.25) is 0 Å². The van der Waals surface area contributed by atoms with Crippen molar-refractivity contribution in [2.75, 3.05) is 0 Å². The molecule has 18 heavy (non-hydrogen) atoms. The van der Waals surface area contributed by atoms with Crippen LogP contribution >= 0.6 is 28.1 Å². The van der Waals surface area contributed by atoms with Crippen LogP contribution in [0.4, 0.5) is 0 Å². The van der Waals surface area contributed by atoms with Gasteiger partial charge in [0.1, 0.15) is 0 Å². The quantitative estimate of drug-likeness (QED) is 0.767. The standard InChI is InChI=1S/C14H17BrN2S/c1-14(6-2-3-7-14)9-17-12-8-10(15)4-5-11(12)16-13(17)18/h4-5,8H,2-3,6-7,9H2,1H3,(H,16,18). The van der Waals surface area contributed by atoms with Crippen LogP contribution in [-0.4, -0.2) is 9.55 Å². The van der Waals surface area contributed by atoms with Gasteiger partial charge in [-0.3, -0.25) is 0 Å². The van der Waals surface area contributed by atoms with E-state index in [0.717, 1.165) is 21.3 Å². The molecular formula is C14H17BrN2S. The SMILES string of the molecule is CC1(Cn2c(=S)[nH]c3ccc(Br)cc32)CCCC1. The van der Waals surface area contributed by atoms with Crippen LogP contribution < -0.4 is 0 Å². The minimum absolute atomic E-state index is 0.412. The van der Waals surface area contributed by atoms with Crippen molar-refractivity contribution in [2.24, 2.45) is 5.41 Å². The molecule has 2 aromatic rings. The monoisotopic (exact) mass is 324 g/mol. The Morgan fingerprint density at radius 1 is 1.39 bits per heavy atom. The Bertz CT molecular complexity index is 635. The number of imidazole rings is 1. The highest BCUT2D eigenvalue weighted by molar-refractivity contribution is 9.10. The van der Waals surface area contributed by atoms with Crippen LogP contribution in [0.2, 0.25) is 0 Å². The van der Waals surface area contributed by atoms with E-state index in [1.165, 1.54) is 31.2 Å². The minimum atomic E-state index is 0.412. The Morgan fingerprint density at radius 3 is 2.83 bits per heavy atom. The highest BCUT2D eigenvalue weighted by Crippen LogP contribution is 2.39. The summed E-state index contributed by atoms with van der Waals surface area (Å²) in [6.07, 6.45) is 5.34. The zero-order valence-corrected chi connectivity index (χ0v) is 12.9. The Hall–Kier alpha value is -0.610. The summed E-state index contributed by atoms with van der Waals surface area (Å²) in [7, 11) is 0. The van der Waals surface area contributed by atoms with Crippen LogP contribution in [0.25, 0.3) is 11.0 Å². The summed E-state index contributed by atoms with van der Waals surface area (Å²) < 4.78 is 4.21. The van der Waals surface area contributed by atoms with E-state index in [4.69, 9.17) is 12.2 Å². The van der Waals surface area contributed by atoms with Crippen molar-refractivity contribution in [2.45, 2.75) is 39.2 Å². The number of H-pyrrole nitrogens is 1. The van der Waals surface area contributed by atoms with Gasteiger partial charge in [-0.2, -0.15) is 0 Å². The van der Waals surface area contributed by atoms with Crippen LogP contribution in [0.1, 0.15) is 32.6 Å². The first-order valence-electron chi connectivity index (χ1n) is 6.46. The lowest BCUT2D eigenvalue weighted by Crippen LogP contribution is -2.19. The fourth-order valence-corrected chi connectivity index (χ4v) is 3.67. The summed E-state index contributed by atoms with van der Waals surface area (Å²) >= 11 is 9.01. The minimum Gasteiger partial charge on any atom is -0.331 e. The van der Waals surface area contributed by atoms with Gasteiger partial charge in [-0.05, 0) is 48.7 Å². The number of aromatic amines is 1. The van der Waals surface area contributed by atoms with Gasteiger partial charge in [-0.1, -0.05) is 35.7 Å². The molecule has 2 nitrogen and oxygen atoms in total. The molecule has 0 bridgehead atoms. The predicted molar refractivity (Wildman–Crippen MR) is 81.4 cm³/mol. The molecule has 0 saturated heterocycles. The van der Waals surface area contributed by atoms with E-state index in [2.05, 4.69) is 50.6 Å². The number of nitrogens with zero attached hydrogens (tertiary/aromatic N) is 1. The number of rotatable bonds is 2. The van der Waals surface area contributed by atoms with Gasteiger partial charge in [-0.15, -0.1) is 0 Å². The van der Waals surface area contributed by atoms with Crippen LogP contribution in [0, 0.1) is 10.2 Å². The van der Waals surface area contributed by atoms with E-state index in [0.29, 0.717) is 5.41 Å². The summed E-state index contributed by atoms with van der Waals surface area (Å²) in [4.78, 5) is 3.30. The average Bonchev–Trinajstić information content (AvgIpc) is 2.86. The first-order chi connectivity index (χ1) is 8.57. The summed E-state index contributed by atoms with van der Waals surface area (Å²) in [6, 6.07) is 6.29. The summed E-state index contributed by atoms with van der Waals surface area (Å²) in [5, 5.41) is 0. The smallest absolute Gasteiger partial charge is 0.178 e. The molecule has 4 heteroatoms. The van der Waals surface area contributed by atoms with E-state index in [9.17, 15) is 0 Å². The molecule has 1 aliphatic carbocycles. The van der Waals surface area contributed by atoms with Crippen molar-refractivity contribution >= 4 is 39.2 Å². The predicted octanol–water partition coefficient (Wildman–Crippen LogP) is 5.04. The normalized spacial score (nSPS) is 18.6. The lowest BCUT2D eigenvalue weighted by molar-refractivity contribution is 0.284. The number of nitrogens with one attached hydrogen (secondary N) is 1. The summed E-state index contributed by atoms with van der Waals surface area (Å²) in [5.74, 6) is 0. The molecule has 1 aliphatic rings. The Balaban J connectivity index is 2.08. The molecule has 0 atom stereocenters. The van der Waals surface area contributed by atoms with E-state index in [-0.39, 0.29) is 0 Å². The molecule has 0 amide bonds. The topological polar surface area (TPSA) is 20.7 Å². The lowest BCUT2D eigenvalue weighted by Gasteiger charge is -2.24.